The van der Waals surface area contributed by atoms with E-state index in [4.69, 9.17) is 9.47 Å². The molecule has 0 aliphatic heterocycles. The predicted octanol–water partition coefficient (Wildman–Crippen LogP) is 4.74. The average Bonchev–Trinajstić information content (AvgIpc) is 2.74. The summed E-state index contributed by atoms with van der Waals surface area (Å²) in [5.41, 5.74) is 3.02. The topological polar surface area (TPSA) is 64.6 Å². The highest BCUT2D eigenvalue weighted by Gasteiger charge is 2.26. The first-order valence-corrected chi connectivity index (χ1v) is 9.44. The summed E-state index contributed by atoms with van der Waals surface area (Å²) in [6, 6.07) is 20.1. The highest BCUT2D eigenvalue weighted by atomic mass is 19.1. The van der Waals surface area contributed by atoms with Gasteiger partial charge in [0.25, 0.3) is 5.91 Å². The molecule has 3 aromatic carbocycles. The Morgan fingerprint density at radius 3 is 2.40 bits per heavy atom. The molecule has 3 rings (SSSR count). The number of esters is 1. The number of amides is 1. The van der Waals surface area contributed by atoms with Crippen LogP contribution >= 0.6 is 0 Å². The Bertz CT molecular complexity index is 1040. The molecule has 5 nitrogen and oxygen atoms in total. The predicted molar refractivity (Wildman–Crippen MR) is 112 cm³/mol. The second-order valence-corrected chi connectivity index (χ2v) is 6.81. The highest BCUT2D eigenvalue weighted by Crippen LogP contribution is 2.23. The van der Waals surface area contributed by atoms with Crippen molar-refractivity contribution >= 4 is 17.6 Å². The van der Waals surface area contributed by atoms with Gasteiger partial charge in [0, 0.05) is 11.3 Å². The van der Waals surface area contributed by atoms with E-state index in [9.17, 15) is 14.0 Å². The van der Waals surface area contributed by atoms with Crippen molar-refractivity contribution in [3.8, 4) is 5.75 Å². The lowest BCUT2D eigenvalue weighted by molar-refractivity contribution is -0.156. The number of hydrogen-bond acceptors (Lipinski definition) is 4. The van der Waals surface area contributed by atoms with Gasteiger partial charge in [0.1, 0.15) is 0 Å². The van der Waals surface area contributed by atoms with Crippen molar-refractivity contribution in [3.05, 3.63) is 95.3 Å². The van der Waals surface area contributed by atoms with Crippen LogP contribution in [0.5, 0.6) is 5.75 Å². The van der Waals surface area contributed by atoms with Gasteiger partial charge in [0.15, 0.2) is 18.2 Å². The second-order valence-electron chi connectivity index (χ2n) is 6.81. The Morgan fingerprint density at radius 2 is 1.67 bits per heavy atom. The third-order valence-electron chi connectivity index (χ3n) is 4.42. The summed E-state index contributed by atoms with van der Waals surface area (Å²) in [5.74, 6) is -1.93. The van der Waals surface area contributed by atoms with Crippen LogP contribution in [0.4, 0.5) is 10.1 Å². The van der Waals surface area contributed by atoms with Crippen LogP contribution in [0.25, 0.3) is 0 Å². The van der Waals surface area contributed by atoms with E-state index in [0.29, 0.717) is 11.3 Å². The molecule has 1 unspecified atom stereocenters. The monoisotopic (exact) mass is 407 g/mol. The van der Waals surface area contributed by atoms with Crippen molar-refractivity contribution in [2.45, 2.75) is 20.0 Å². The summed E-state index contributed by atoms with van der Waals surface area (Å²) in [6.45, 7) is 3.27. The molecule has 3 aromatic rings. The van der Waals surface area contributed by atoms with Gasteiger partial charge in [-0.3, -0.25) is 4.79 Å². The summed E-state index contributed by atoms with van der Waals surface area (Å²) >= 11 is 0. The molecule has 0 saturated heterocycles. The Kier molecular flexibility index (Phi) is 6.80. The van der Waals surface area contributed by atoms with Gasteiger partial charge in [0.2, 0.25) is 6.10 Å². The highest BCUT2D eigenvalue weighted by molar-refractivity contribution is 5.96. The van der Waals surface area contributed by atoms with E-state index >= 15 is 0 Å². The van der Waals surface area contributed by atoms with Crippen LogP contribution in [-0.4, -0.2) is 18.5 Å². The number of carbonyl (C=O) groups excluding carboxylic acids is 2. The molecule has 1 N–H and O–H groups in total. The van der Waals surface area contributed by atoms with Gasteiger partial charge in [-0.1, -0.05) is 54.6 Å². The number of aryl methyl sites for hydroxylation is 2. The van der Waals surface area contributed by atoms with Gasteiger partial charge in [-0.05, 0) is 43.2 Å². The number of para-hydroxylation sites is 1. The summed E-state index contributed by atoms with van der Waals surface area (Å²) in [5, 5.41) is 2.82. The van der Waals surface area contributed by atoms with Gasteiger partial charge in [0.05, 0.1) is 0 Å². The molecule has 0 spiro atoms. The summed E-state index contributed by atoms with van der Waals surface area (Å²) in [4.78, 5) is 25.3. The molecule has 0 heterocycles. The molecule has 6 heteroatoms. The van der Waals surface area contributed by atoms with E-state index in [1.54, 1.807) is 36.4 Å². The molecular weight excluding hydrogens is 385 g/mol. The standard InChI is InChI=1S/C24H22FNO4/c1-16-12-13-17(2)20(14-16)26-24(28)23(18-8-4-3-5-9-18)30-22(27)15-29-21-11-7-6-10-19(21)25/h3-14,23H,15H2,1-2H3,(H,26,28). The number of carbonyl (C=O) groups is 2. The first-order chi connectivity index (χ1) is 14.4. The maximum atomic E-state index is 13.7. The molecule has 0 radical (unpaired) electrons. The summed E-state index contributed by atoms with van der Waals surface area (Å²) in [6.07, 6.45) is -1.18. The van der Waals surface area contributed by atoms with E-state index in [2.05, 4.69) is 5.32 Å². The van der Waals surface area contributed by atoms with Gasteiger partial charge >= 0.3 is 5.97 Å². The number of rotatable bonds is 7. The van der Waals surface area contributed by atoms with E-state index in [1.165, 1.54) is 18.2 Å². The quantitative estimate of drug-likeness (QED) is 0.575. The minimum Gasteiger partial charge on any atom is -0.479 e. The zero-order valence-corrected chi connectivity index (χ0v) is 16.7. The zero-order chi connectivity index (χ0) is 21.5. The zero-order valence-electron chi connectivity index (χ0n) is 16.7. The Balaban J connectivity index is 1.74. The first-order valence-electron chi connectivity index (χ1n) is 9.44. The number of nitrogens with one attached hydrogen (secondary N) is 1. The van der Waals surface area contributed by atoms with E-state index in [-0.39, 0.29) is 5.75 Å². The van der Waals surface area contributed by atoms with Gasteiger partial charge in [-0.25, -0.2) is 9.18 Å². The van der Waals surface area contributed by atoms with Gasteiger partial charge in [-0.15, -0.1) is 0 Å². The lowest BCUT2D eigenvalue weighted by Crippen LogP contribution is -2.28. The minimum absolute atomic E-state index is 0.0643. The molecular formula is C24H22FNO4. The third-order valence-corrected chi connectivity index (χ3v) is 4.42. The van der Waals surface area contributed by atoms with Crippen LogP contribution in [0.15, 0.2) is 72.8 Å². The van der Waals surface area contributed by atoms with Crippen molar-refractivity contribution in [3.63, 3.8) is 0 Å². The van der Waals surface area contributed by atoms with Gasteiger partial charge in [-0.2, -0.15) is 0 Å². The number of anilines is 1. The second kappa shape index (κ2) is 9.69. The number of halogens is 1. The van der Waals surface area contributed by atoms with E-state index in [0.717, 1.165) is 11.1 Å². The molecule has 0 fully saturated rings. The fourth-order valence-corrected chi connectivity index (χ4v) is 2.83. The third kappa shape index (κ3) is 5.44. The fourth-order valence-electron chi connectivity index (χ4n) is 2.83. The molecule has 154 valence electrons. The van der Waals surface area contributed by atoms with Crippen LogP contribution < -0.4 is 10.1 Å². The normalized spacial score (nSPS) is 11.4. The van der Waals surface area contributed by atoms with Crippen LogP contribution in [0.3, 0.4) is 0 Å². The summed E-state index contributed by atoms with van der Waals surface area (Å²) < 4.78 is 24.3. The number of benzene rings is 3. The Labute approximate surface area is 174 Å². The lowest BCUT2D eigenvalue weighted by atomic mass is 10.1. The molecule has 30 heavy (non-hydrogen) atoms. The van der Waals surface area contributed by atoms with Crippen LogP contribution in [0.2, 0.25) is 0 Å². The molecule has 0 aromatic heterocycles. The number of hydrogen-bond donors (Lipinski definition) is 1. The molecule has 0 bridgehead atoms. The maximum absolute atomic E-state index is 13.7. The van der Waals surface area contributed by atoms with Crippen molar-refractivity contribution in [1.82, 2.24) is 0 Å². The summed E-state index contributed by atoms with van der Waals surface area (Å²) in [7, 11) is 0. The molecule has 0 aliphatic carbocycles. The minimum atomic E-state index is -1.18. The average molecular weight is 407 g/mol. The fraction of sp³-hybridized carbons (Fsp3) is 0.167. The van der Waals surface area contributed by atoms with Crippen LogP contribution in [-0.2, 0) is 14.3 Å². The number of ether oxygens (including phenoxy) is 2. The molecule has 1 amide bonds. The Hall–Kier alpha value is -3.67. The SMILES string of the molecule is Cc1ccc(C)c(NC(=O)C(OC(=O)COc2ccccc2F)c2ccccc2)c1. The molecule has 0 aliphatic rings. The first kappa shape index (κ1) is 21.0. The van der Waals surface area contributed by atoms with Crippen molar-refractivity contribution < 1.29 is 23.5 Å². The maximum Gasteiger partial charge on any atom is 0.345 e. The smallest absolute Gasteiger partial charge is 0.345 e. The van der Waals surface area contributed by atoms with E-state index < -0.39 is 30.4 Å². The van der Waals surface area contributed by atoms with Gasteiger partial charge < -0.3 is 14.8 Å². The largest absolute Gasteiger partial charge is 0.479 e. The molecule has 0 saturated carbocycles. The van der Waals surface area contributed by atoms with Crippen LogP contribution in [0.1, 0.15) is 22.8 Å². The Morgan fingerprint density at radius 1 is 0.967 bits per heavy atom. The van der Waals surface area contributed by atoms with Crippen molar-refractivity contribution in [1.29, 1.82) is 0 Å². The molecule has 1 atom stereocenters. The van der Waals surface area contributed by atoms with Crippen LogP contribution in [0, 0.1) is 19.7 Å². The van der Waals surface area contributed by atoms with Crippen molar-refractivity contribution in [2.75, 3.05) is 11.9 Å². The van der Waals surface area contributed by atoms with Crippen molar-refractivity contribution in [2.24, 2.45) is 0 Å². The lowest BCUT2D eigenvalue weighted by Gasteiger charge is -2.19. The van der Waals surface area contributed by atoms with E-state index in [1.807, 2.05) is 32.0 Å².